The van der Waals surface area contributed by atoms with Crippen LogP contribution in [0.2, 0.25) is 5.02 Å². The van der Waals surface area contributed by atoms with Crippen molar-refractivity contribution in [2.24, 2.45) is 0 Å². The molecule has 0 atom stereocenters. The molecule has 0 unspecified atom stereocenters. The van der Waals surface area contributed by atoms with Gasteiger partial charge in [0.1, 0.15) is 12.1 Å². The summed E-state index contributed by atoms with van der Waals surface area (Å²) in [6.07, 6.45) is 4.55. The molecule has 0 spiro atoms. The van der Waals surface area contributed by atoms with E-state index in [1.165, 1.54) is 12.0 Å². The number of carbonyl (C=O) groups excluding carboxylic acids is 1. The van der Waals surface area contributed by atoms with Crippen molar-refractivity contribution in [3.05, 3.63) is 71.3 Å². The van der Waals surface area contributed by atoms with E-state index >= 15 is 0 Å². The van der Waals surface area contributed by atoms with Gasteiger partial charge in [-0.15, -0.1) is 0 Å². The highest BCUT2D eigenvalue weighted by Crippen LogP contribution is 2.27. The summed E-state index contributed by atoms with van der Waals surface area (Å²) in [6, 6.07) is 13.7. The summed E-state index contributed by atoms with van der Waals surface area (Å²) in [7, 11) is 0. The number of benzene rings is 2. The van der Waals surface area contributed by atoms with E-state index in [0.29, 0.717) is 25.5 Å². The highest BCUT2D eigenvalue weighted by molar-refractivity contribution is 6.30. The highest BCUT2D eigenvalue weighted by Gasteiger charge is 2.27. The molecule has 8 heteroatoms. The number of carbonyl (C=O) groups is 1. The van der Waals surface area contributed by atoms with Crippen molar-refractivity contribution in [3.63, 3.8) is 0 Å². The van der Waals surface area contributed by atoms with Gasteiger partial charge >= 0.3 is 0 Å². The zero-order valence-electron chi connectivity index (χ0n) is 17.0. The summed E-state index contributed by atoms with van der Waals surface area (Å²) >= 11 is 6.00. The minimum atomic E-state index is 0.138. The van der Waals surface area contributed by atoms with Crippen LogP contribution in [0.15, 0.2) is 60.7 Å². The molecule has 0 saturated carbocycles. The van der Waals surface area contributed by atoms with Crippen molar-refractivity contribution in [2.75, 3.05) is 36.8 Å². The predicted octanol–water partition coefficient (Wildman–Crippen LogP) is 3.26. The number of halogens is 1. The van der Waals surface area contributed by atoms with Crippen LogP contribution in [0.3, 0.4) is 0 Å². The molecule has 5 rings (SSSR count). The fourth-order valence-electron chi connectivity index (χ4n) is 4.18. The monoisotopic (exact) mass is 434 g/mol. The molecule has 1 aromatic heterocycles. The van der Waals surface area contributed by atoms with E-state index in [1.807, 2.05) is 47.4 Å². The molecule has 2 aromatic carbocycles. The first-order valence-electron chi connectivity index (χ1n) is 10.3. The number of anilines is 2. The molecular formula is C23H23ClN6O. The second kappa shape index (κ2) is 8.07. The number of fused-ring (bicyclic) bond motifs is 1. The summed E-state index contributed by atoms with van der Waals surface area (Å²) in [5, 5.41) is 1.57. The maximum atomic E-state index is 12.9. The zero-order valence-corrected chi connectivity index (χ0v) is 17.8. The van der Waals surface area contributed by atoms with E-state index in [0.717, 1.165) is 46.7 Å². The fraction of sp³-hybridized carbons (Fsp3) is 0.261. The van der Waals surface area contributed by atoms with Gasteiger partial charge in [0, 0.05) is 60.6 Å². The maximum absolute atomic E-state index is 12.9. The second-order valence-electron chi connectivity index (χ2n) is 7.89. The van der Waals surface area contributed by atoms with Crippen molar-refractivity contribution >= 4 is 39.9 Å². The molecule has 2 aliphatic rings. The molecule has 2 N–H and O–H groups in total. The van der Waals surface area contributed by atoms with Gasteiger partial charge in [0.15, 0.2) is 0 Å². The van der Waals surface area contributed by atoms with Crippen molar-refractivity contribution in [2.45, 2.75) is 13.0 Å². The van der Waals surface area contributed by atoms with Crippen LogP contribution in [0.5, 0.6) is 0 Å². The Balaban J connectivity index is 1.24. The Morgan fingerprint density at radius 3 is 2.68 bits per heavy atom. The van der Waals surface area contributed by atoms with Crippen LogP contribution >= 0.6 is 11.6 Å². The van der Waals surface area contributed by atoms with Crippen LogP contribution in [-0.2, 0) is 11.3 Å². The van der Waals surface area contributed by atoms with Crippen LogP contribution in [0, 0.1) is 0 Å². The summed E-state index contributed by atoms with van der Waals surface area (Å²) < 4.78 is 0. The Morgan fingerprint density at radius 1 is 1.03 bits per heavy atom. The highest BCUT2D eigenvalue weighted by atomic mass is 35.5. The third-order valence-electron chi connectivity index (χ3n) is 5.90. The molecule has 31 heavy (non-hydrogen) atoms. The number of nitrogen functional groups attached to an aromatic ring is 1. The number of hydrogen-bond donors (Lipinski definition) is 1. The largest absolute Gasteiger partial charge is 0.383 e. The van der Waals surface area contributed by atoms with E-state index in [9.17, 15) is 4.79 Å². The molecule has 1 saturated heterocycles. The molecule has 1 amide bonds. The minimum Gasteiger partial charge on any atom is -0.383 e. The molecular weight excluding hydrogens is 412 g/mol. The van der Waals surface area contributed by atoms with Crippen molar-refractivity contribution in [3.8, 4) is 0 Å². The zero-order chi connectivity index (χ0) is 21.4. The van der Waals surface area contributed by atoms with E-state index in [-0.39, 0.29) is 5.91 Å². The quantitative estimate of drug-likeness (QED) is 0.679. The van der Waals surface area contributed by atoms with Crippen LogP contribution in [0.1, 0.15) is 12.0 Å². The SMILES string of the molecule is Nc1ncnc2cc(CN3CCN(C4=CN(c5ccc(Cl)cc5)CC4)CC3=O)ccc12. The second-order valence-corrected chi connectivity index (χ2v) is 8.32. The number of nitrogens with two attached hydrogens (primary N) is 1. The van der Waals surface area contributed by atoms with Gasteiger partial charge in [-0.05, 0) is 42.0 Å². The normalized spacial score (nSPS) is 16.9. The van der Waals surface area contributed by atoms with E-state index in [4.69, 9.17) is 17.3 Å². The lowest BCUT2D eigenvalue weighted by molar-refractivity contribution is -0.135. The van der Waals surface area contributed by atoms with E-state index < -0.39 is 0 Å². The molecule has 7 nitrogen and oxygen atoms in total. The van der Waals surface area contributed by atoms with Gasteiger partial charge < -0.3 is 20.4 Å². The molecule has 0 aliphatic carbocycles. The number of rotatable bonds is 4. The average molecular weight is 435 g/mol. The Hall–Kier alpha value is -3.32. The maximum Gasteiger partial charge on any atom is 0.242 e. The van der Waals surface area contributed by atoms with Crippen LogP contribution in [0.25, 0.3) is 10.9 Å². The first-order chi connectivity index (χ1) is 15.1. The van der Waals surface area contributed by atoms with Gasteiger partial charge in [0.05, 0.1) is 12.1 Å². The first-order valence-corrected chi connectivity index (χ1v) is 10.7. The molecule has 0 radical (unpaired) electrons. The summed E-state index contributed by atoms with van der Waals surface area (Å²) in [5.74, 6) is 0.609. The number of amides is 1. The van der Waals surface area contributed by atoms with Gasteiger partial charge in [0.25, 0.3) is 0 Å². The first kappa shape index (κ1) is 19.6. The summed E-state index contributed by atoms with van der Waals surface area (Å²) in [5.41, 5.74) is 10.1. The Labute approximate surface area is 185 Å². The minimum absolute atomic E-state index is 0.138. The topological polar surface area (TPSA) is 78.6 Å². The molecule has 2 aliphatic heterocycles. The number of nitrogens with zero attached hydrogens (tertiary/aromatic N) is 5. The van der Waals surface area contributed by atoms with Gasteiger partial charge in [-0.25, -0.2) is 9.97 Å². The van der Waals surface area contributed by atoms with Crippen LogP contribution in [-0.4, -0.2) is 51.9 Å². The van der Waals surface area contributed by atoms with Crippen molar-refractivity contribution in [1.82, 2.24) is 19.8 Å². The fourth-order valence-corrected chi connectivity index (χ4v) is 4.31. The van der Waals surface area contributed by atoms with E-state index in [1.54, 1.807) is 0 Å². The Morgan fingerprint density at radius 2 is 1.87 bits per heavy atom. The lowest BCUT2D eigenvalue weighted by Gasteiger charge is -2.36. The number of hydrogen-bond acceptors (Lipinski definition) is 6. The Kier molecular flexibility index (Phi) is 5.11. The smallest absolute Gasteiger partial charge is 0.242 e. The summed E-state index contributed by atoms with van der Waals surface area (Å²) in [4.78, 5) is 27.5. The lowest BCUT2D eigenvalue weighted by Crippen LogP contribution is -2.49. The third kappa shape index (κ3) is 4.01. The van der Waals surface area contributed by atoms with Gasteiger partial charge in [-0.1, -0.05) is 17.7 Å². The summed E-state index contributed by atoms with van der Waals surface area (Å²) in [6.45, 7) is 3.41. The Bertz CT molecular complexity index is 1160. The molecule has 158 valence electrons. The molecule has 1 fully saturated rings. The van der Waals surface area contributed by atoms with Crippen LogP contribution in [0.4, 0.5) is 11.5 Å². The van der Waals surface area contributed by atoms with Crippen LogP contribution < -0.4 is 10.6 Å². The van der Waals surface area contributed by atoms with Crippen molar-refractivity contribution in [1.29, 1.82) is 0 Å². The third-order valence-corrected chi connectivity index (χ3v) is 6.15. The van der Waals surface area contributed by atoms with E-state index in [2.05, 4.69) is 26.0 Å². The van der Waals surface area contributed by atoms with Crippen molar-refractivity contribution < 1.29 is 4.79 Å². The molecule has 3 heterocycles. The number of piperazine rings is 1. The van der Waals surface area contributed by atoms with Gasteiger partial charge in [0.2, 0.25) is 5.91 Å². The molecule has 3 aromatic rings. The standard InChI is InChI=1S/C23H23ClN6O/c24-17-2-4-18(5-3-17)28-8-7-19(13-28)29-9-10-30(22(31)14-29)12-16-1-6-20-21(11-16)26-15-27-23(20)25/h1-6,11,13,15H,7-10,12,14H2,(H2,25,26,27). The average Bonchev–Trinajstić information content (AvgIpc) is 3.26. The lowest BCUT2D eigenvalue weighted by atomic mass is 10.1. The van der Waals surface area contributed by atoms with Gasteiger partial charge in [-0.2, -0.15) is 0 Å². The molecule has 0 bridgehead atoms. The number of aromatic nitrogens is 2. The predicted molar refractivity (Wildman–Crippen MR) is 122 cm³/mol. The van der Waals surface area contributed by atoms with Gasteiger partial charge in [-0.3, -0.25) is 4.79 Å².